The summed E-state index contributed by atoms with van der Waals surface area (Å²) in [5.74, 6) is 2.65. The normalized spacial score (nSPS) is 21.0. The maximum absolute atomic E-state index is 5.19. The number of aromatic nitrogens is 3. The van der Waals surface area contributed by atoms with E-state index in [1.165, 1.54) is 18.4 Å². The Hall–Kier alpha value is -1.88. The van der Waals surface area contributed by atoms with Gasteiger partial charge in [-0.2, -0.15) is 0 Å². The Morgan fingerprint density at radius 1 is 1.29 bits per heavy atom. The first kappa shape index (κ1) is 14.1. The smallest absolute Gasteiger partial charge is 0.133 e. The van der Waals surface area contributed by atoms with Crippen LogP contribution in [-0.2, 0) is 13.5 Å². The van der Waals surface area contributed by atoms with Crippen molar-refractivity contribution in [2.24, 2.45) is 7.05 Å². The van der Waals surface area contributed by atoms with Crippen LogP contribution in [0.3, 0.4) is 0 Å². The molecule has 1 aromatic carbocycles. The van der Waals surface area contributed by atoms with Crippen LogP contribution in [0.15, 0.2) is 30.6 Å². The Kier molecular flexibility index (Phi) is 4.20. The molecule has 5 nitrogen and oxygen atoms in total. The number of hydrogen-bond acceptors (Lipinski definition) is 4. The number of ether oxygens (including phenoxy) is 1. The van der Waals surface area contributed by atoms with Crippen LogP contribution in [0.4, 0.5) is 0 Å². The Morgan fingerprint density at radius 3 is 2.67 bits per heavy atom. The van der Waals surface area contributed by atoms with Crippen LogP contribution in [0, 0.1) is 0 Å². The number of methoxy groups -OCH3 is 1. The van der Waals surface area contributed by atoms with E-state index in [9.17, 15) is 0 Å². The second kappa shape index (κ2) is 6.26. The van der Waals surface area contributed by atoms with Gasteiger partial charge in [-0.05, 0) is 36.5 Å². The highest BCUT2D eigenvalue weighted by molar-refractivity contribution is 5.30. The van der Waals surface area contributed by atoms with Crippen molar-refractivity contribution in [3.05, 3.63) is 42.0 Å². The van der Waals surface area contributed by atoms with Gasteiger partial charge in [-0.15, -0.1) is 10.2 Å². The molecule has 2 aromatic rings. The van der Waals surface area contributed by atoms with Gasteiger partial charge < -0.3 is 14.6 Å². The molecule has 1 heterocycles. The van der Waals surface area contributed by atoms with Gasteiger partial charge in [0, 0.05) is 26.1 Å². The van der Waals surface area contributed by atoms with Crippen molar-refractivity contribution in [3.63, 3.8) is 0 Å². The first-order chi connectivity index (χ1) is 10.3. The number of hydrogen-bond donors (Lipinski definition) is 1. The van der Waals surface area contributed by atoms with Gasteiger partial charge in [0.1, 0.15) is 17.9 Å². The van der Waals surface area contributed by atoms with E-state index in [1.54, 1.807) is 13.4 Å². The third-order valence-corrected chi connectivity index (χ3v) is 4.31. The van der Waals surface area contributed by atoms with E-state index in [0.717, 1.165) is 24.5 Å². The molecular formula is C16H22N4O. The summed E-state index contributed by atoms with van der Waals surface area (Å²) in [7, 11) is 3.69. The molecule has 0 unspecified atom stereocenters. The molecule has 1 fully saturated rings. The van der Waals surface area contributed by atoms with E-state index in [1.807, 2.05) is 23.7 Å². The molecule has 0 bridgehead atoms. The van der Waals surface area contributed by atoms with E-state index in [4.69, 9.17) is 4.74 Å². The van der Waals surface area contributed by atoms with Crippen LogP contribution >= 0.6 is 0 Å². The van der Waals surface area contributed by atoms with Crippen molar-refractivity contribution in [3.8, 4) is 5.75 Å². The maximum atomic E-state index is 5.19. The molecule has 0 saturated heterocycles. The number of aryl methyl sites for hydroxylation is 1. The summed E-state index contributed by atoms with van der Waals surface area (Å²) in [5.41, 5.74) is 1.42. The second-order valence-corrected chi connectivity index (χ2v) is 5.70. The summed E-state index contributed by atoms with van der Waals surface area (Å²) in [5, 5.41) is 11.6. The molecule has 0 atom stereocenters. The average Bonchev–Trinajstić information content (AvgIpc) is 2.87. The molecule has 1 saturated carbocycles. The van der Waals surface area contributed by atoms with E-state index in [0.29, 0.717) is 12.0 Å². The minimum absolute atomic E-state index is 0.630. The molecule has 5 heteroatoms. The van der Waals surface area contributed by atoms with Crippen molar-refractivity contribution in [2.75, 3.05) is 13.7 Å². The van der Waals surface area contributed by atoms with Gasteiger partial charge in [0.05, 0.1) is 7.11 Å². The molecule has 1 aliphatic carbocycles. The van der Waals surface area contributed by atoms with Crippen LogP contribution < -0.4 is 10.1 Å². The fourth-order valence-electron chi connectivity index (χ4n) is 2.85. The van der Waals surface area contributed by atoms with Gasteiger partial charge >= 0.3 is 0 Å². The minimum atomic E-state index is 0.630. The lowest BCUT2D eigenvalue weighted by Crippen LogP contribution is -2.41. The standard InChI is InChI=1S/C16H22N4O/c1-20-11-18-19-16(20)7-8-17-14-9-13(10-14)12-3-5-15(21-2)6-4-12/h3-6,11,13-14,17H,7-10H2,1-2H3. The monoisotopic (exact) mass is 286 g/mol. The van der Waals surface area contributed by atoms with Gasteiger partial charge in [-0.25, -0.2) is 0 Å². The molecular weight excluding hydrogens is 264 g/mol. The molecule has 1 aliphatic rings. The third-order valence-electron chi connectivity index (χ3n) is 4.31. The highest BCUT2D eigenvalue weighted by atomic mass is 16.5. The van der Waals surface area contributed by atoms with Crippen LogP contribution in [0.1, 0.15) is 30.1 Å². The zero-order valence-corrected chi connectivity index (χ0v) is 12.6. The minimum Gasteiger partial charge on any atom is -0.497 e. The second-order valence-electron chi connectivity index (χ2n) is 5.70. The van der Waals surface area contributed by atoms with Crippen molar-refractivity contribution < 1.29 is 4.74 Å². The van der Waals surface area contributed by atoms with Crippen LogP contribution in [0.2, 0.25) is 0 Å². The SMILES string of the molecule is COc1ccc(C2CC(NCCc3nncn3C)C2)cc1. The highest BCUT2D eigenvalue weighted by Gasteiger charge is 2.29. The summed E-state index contributed by atoms with van der Waals surface area (Å²) in [6, 6.07) is 9.08. The van der Waals surface area contributed by atoms with Gasteiger partial charge in [-0.3, -0.25) is 0 Å². The van der Waals surface area contributed by atoms with Gasteiger partial charge in [0.15, 0.2) is 0 Å². The van der Waals surface area contributed by atoms with Gasteiger partial charge in [0.25, 0.3) is 0 Å². The summed E-state index contributed by atoms with van der Waals surface area (Å²) in [4.78, 5) is 0. The Labute approximate surface area is 125 Å². The van der Waals surface area contributed by atoms with Gasteiger partial charge in [0.2, 0.25) is 0 Å². The number of nitrogens with one attached hydrogen (secondary N) is 1. The largest absolute Gasteiger partial charge is 0.497 e. The first-order valence-electron chi connectivity index (χ1n) is 7.46. The lowest BCUT2D eigenvalue weighted by molar-refractivity contribution is 0.292. The fourth-order valence-corrected chi connectivity index (χ4v) is 2.85. The molecule has 21 heavy (non-hydrogen) atoms. The van der Waals surface area contributed by atoms with Crippen molar-refractivity contribution >= 4 is 0 Å². The summed E-state index contributed by atoms with van der Waals surface area (Å²) in [6.07, 6.45) is 5.11. The molecule has 3 rings (SSSR count). The highest BCUT2D eigenvalue weighted by Crippen LogP contribution is 2.37. The van der Waals surface area contributed by atoms with E-state index in [2.05, 4.69) is 27.6 Å². The summed E-state index contributed by atoms with van der Waals surface area (Å²) < 4.78 is 7.17. The first-order valence-corrected chi connectivity index (χ1v) is 7.46. The lowest BCUT2D eigenvalue weighted by Gasteiger charge is -2.36. The zero-order valence-electron chi connectivity index (χ0n) is 12.6. The molecule has 1 aromatic heterocycles. The van der Waals surface area contributed by atoms with Crippen molar-refractivity contribution in [1.29, 1.82) is 0 Å². The van der Waals surface area contributed by atoms with Crippen LogP contribution in [0.25, 0.3) is 0 Å². The van der Waals surface area contributed by atoms with Crippen molar-refractivity contribution in [1.82, 2.24) is 20.1 Å². The van der Waals surface area contributed by atoms with Crippen LogP contribution in [-0.4, -0.2) is 34.5 Å². The predicted octanol–water partition coefficient (Wildman–Crippen LogP) is 1.90. The van der Waals surface area contributed by atoms with E-state index < -0.39 is 0 Å². The van der Waals surface area contributed by atoms with E-state index >= 15 is 0 Å². The molecule has 0 amide bonds. The Balaban J connectivity index is 1.40. The zero-order chi connectivity index (χ0) is 14.7. The summed E-state index contributed by atoms with van der Waals surface area (Å²) >= 11 is 0. The predicted molar refractivity (Wildman–Crippen MR) is 81.5 cm³/mol. The van der Waals surface area contributed by atoms with Crippen LogP contribution in [0.5, 0.6) is 5.75 Å². The van der Waals surface area contributed by atoms with E-state index in [-0.39, 0.29) is 0 Å². The van der Waals surface area contributed by atoms with Crippen molar-refractivity contribution in [2.45, 2.75) is 31.2 Å². The average molecular weight is 286 g/mol. The van der Waals surface area contributed by atoms with Gasteiger partial charge in [-0.1, -0.05) is 12.1 Å². The molecule has 0 radical (unpaired) electrons. The molecule has 1 N–H and O–H groups in total. The number of rotatable bonds is 6. The Bertz CT molecular complexity index is 572. The summed E-state index contributed by atoms with van der Waals surface area (Å²) in [6.45, 7) is 0.965. The maximum Gasteiger partial charge on any atom is 0.133 e. The fraction of sp³-hybridized carbons (Fsp3) is 0.500. The molecule has 0 spiro atoms. The molecule has 112 valence electrons. The quantitative estimate of drug-likeness (QED) is 0.881. The lowest BCUT2D eigenvalue weighted by atomic mass is 9.76. The number of benzene rings is 1. The third kappa shape index (κ3) is 3.24. The Morgan fingerprint density at radius 2 is 2.05 bits per heavy atom. The molecule has 0 aliphatic heterocycles. The number of nitrogens with zero attached hydrogens (tertiary/aromatic N) is 3. The topological polar surface area (TPSA) is 52.0 Å².